The molecule has 0 radical (unpaired) electrons. The molecule has 0 aromatic heterocycles. The molecular formula is C9H17NO2. The lowest BCUT2D eigenvalue weighted by atomic mass is 10.1. The fraction of sp³-hybridized carbons (Fsp3) is 1.00. The zero-order chi connectivity index (χ0) is 8.23. The minimum atomic E-state index is 0.632. The van der Waals surface area contributed by atoms with Crippen LogP contribution >= 0.6 is 0 Å². The van der Waals surface area contributed by atoms with Gasteiger partial charge in [0.1, 0.15) is 0 Å². The molecule has 2 fully saturated rings. The average Bonchev–Trinajstić information content (AvgIpc) is 2.46. The van der Waals surface area contributed by atoms with E-state index in [0.717, 1.165) is 38.9 Å². The first-order valence-corrected chi connectivity index (χ1v) is 4.84. The van der Waals surface area contributed by atoms with Crippen molar-refractivity contribution in [3.63, 3.8) is 0 Å². The van der Waals surface area contributed by atoms with E-state index in [2.05, 4.69) is 5.32 Å². The first-order valence-electron chi connectivity index (χ1n) is 4.84. The lowest BCUT2D eigenvalue weighted by Crippen LogP contribution is -2.46. The summed E-state index contributed by atoms with van der Waals surface area (Å²) in [4.78, 5) is 0. The molecule has 0 aromatic rings. The third-order valence-electron chi connectivity index (χ3n) is 2.65. The maximum atomic E-state index is 5.30. The fourth-order valence-corrected chi connectivity index (χ4v) is 1.66. The monoisotopic (exact) mass is 171 g/mol. The van der Waals surface area contributed by atoms with Gasteiger partial charge in [-0.25, -0.2) is 0 Å². The molecule has 1 N–H and O–H groups in total. The van der Waals surface area contributed by atoms with Crippen LogP contribution in [0.3, 0.4) is 0 Å². The zero-order valence-electron chi connectivity index (χ0n) is 7.42. The van der Waals surface area contributed by atoms with Crippen LogP contribution in [0.25, 0.3) is 0 Å². The van der Waals surface area contributed by atoms with Gasteiger partial charge in [-0.15, -0.1) is 0 Å². The van der Waals surface area contributed by atoms with Gasteiger partial charge in [0, 0.05) is 13.2 Å². The predicted octanol–water partition coefficient (Wildman–Crippen LogP) is 0.401. The van der Waals surface area contributed by atoms with Crippen molar-refractivity contribution in [2.45, 2.75) is 18.9 Å². The second-order valence-electron chi connectivity index (χ2n) is 3.71. The lowest BCUT2D eigenvalue weighted by Gasteiger charge is -2.27. The summed E-state index contributed by atoms with van der Waals surface area (Å²) in [7, 11) is 0. The van der Waals surface area contributed by atoms with Gasteiger partial charge < -0.3 is 14.8 Å². The summed E-state index contributed by atoms with van der Waals surface area (Å²) in [6.07, 6.45) is 2.51. The Labute approximate surface area is 73.4 Å². The van der Waals surface area contributed by atoms with Crippen molar-refractivity contribution >= 4 is 0 Å². The quantitative estimate of drug-likeness (QED) is 0.664. The minimum absolute atomic E-state index is 0.632. The molecule has 0 bridgehead atoms. The van der Waals surface area contributed by atoms with Crippen molar-refractivity contribution in [1.82, 2.24) is 5.32 Å². The van der Waals surface area contributed by atoms with Gasteiger partial charge in [0.15, 0.2) is 0 Å². The summed E-state index contributed by atoms with van der Waals surface area (Å²) in [5, 5.41) is 3.47. The molecule has 1 unspecified atom stereocenters. The van der Waals surface area contributed by atoms with Gasteiger partial charge in [-0.3, -0.25) is 0 Å². The molecule has 2 aliphatic heterocycles. The zero-order valence-corrected chi connectivity index (χ0v) is 7.42. The van der Waals surface area contributed by atoms with Crippen molar-refractivity contribution in [1.29, 1.82) is 0 Å². The van der Waals surface area contributed by atoms with E-state index in [-0.39, 0.29) is 0 Å². The highest BCUT2D eigenvalue weighted by atomic mass is 16.5. The molecule has 1 atom stereocenters. The van der Waals surface area contributed by atoms with E-state index < -0.39 is 0 Å². The van der Waals surface area contributed by atoms with E-state index in [9.17, 15) is 0 Å². The highest BCUT2D eigenvalue weighted by Crippen LogP contribution is 2.15. The summed E-state index contributed by atoms with van der Waals surface area (Å²) in [6.45, 7) is 4.88. The van der Waals surface area contributed by atoms with Crippen LogP contribution in [0.5, 0.6) is 0 Å². The molecule has 2 heterocycles. The highest BCUT2D eigenvalue weighted by Gasteiger charge is 2.19. The fourth-order valence-electron chi connectivity index (χ4n) is 1.66. The van der Waals surface area contributed by atoms with Crippen molar-refractivity contribution < 1.29 is 9.47 Å². The van der Waals surface area contributed by atoms with E-state index in [1.807, 2.05) is 0 Å². The van der Waals surface area contributed by atoms with Crippen LogP contribution in [0, 0.1) is 5.92 Å². The summed E-state index contributed by atoms with van der Waals surface area (Å²) in [5.74, 6) is 0.804. The second kappa shape index (κ2) is 4.21. The Hall–Kier alpha value is -0.120. The van der Waals surface area contributed by atoms with Gasteiger partial charge in [-0.05, 0) is 25.3 Å². The predicted molar refractivity (Wildman–Crippen MR) is 46.2 cm³/mol. The third kappa shape index (κ3) is 2.19. The molecule has 70 valence electrons. The van der Waals surface area contributed by atoms with Crippen LogP contribution in [0.1, 0.15) is 12.8 Å². The maximum absolute atomic E-state index is 5.30. The summed E-state index contributed by atoms with van der Waals surface area (Å²) in [5.41, 5.74) is 0. The molecule has 2 aliphatic rings. The molecule has 0 aromatic carbocycles. The lowest BCUT2D eigenvalue weighted by molar-refractivity contribution is -0.00538. The molecule has 0 amide bonds. The molecular weight excluding hydrogens is 154 g/mol. The Morgan fingerprint density at radius 2 is 2.08 bits per heavy atom. The van der Waals surface area contributed by atoms with Crippen LogP contribution in [0.15, 0.2) is 0 Å². The van der Waals surface area contributed by atoms with E-state index >= 15 is 0 Å². The van der Waals surface area contributed by atoms with Crippen LogP contribution in [-0.2, 0) is 9.47 Å². The van der Waals surface area contributed by atoms with Gasteiger partial charge in [0.05, 0.1) is 19.3 Å². The van der Waals surface area contributed by atoms with Crippen molar-refractivity contribution in [3.05, 3.63) is 0 Å². The van der Waals surface area contributed by atoms with Crippen molar-refractivity contribution in [2.75, 3.05) is 33.0 Å². The van der Waals surface area contributed by atoms with Crippen LogP contribution < -0.4 is 5.32 Å². The Morgan fingerprint density at radius 1 is 1.17 bits per heavy atom. The van der Waals surface area contributed by atoms with Gasteiger partial charge in [-0.2, -0.15) is 0 Å². The van der Waals surface area contributed by atoms with Gasteiger partial charge >= 0.3 is 0 Å². The molecule has 2 rings (SSSR count). The second-order valence-corrected chi connectivity index (χ2v) is 3.71. The largest absolute Gasteiger partial charge is 0.381 e. The van der Waals surface area contributed by atoms with E-state index in [1.165, 1.54) is 12.8 Å². The standard InChI is InChI=1S/C9H17NO2/c1(8-2-4-11-5-8)3-10-9-6-12-7-9/h8-10H,1-7H2. The third-order valence-corrected chi connectivity index (χ3v) is 2.65. The van der Waals surface area contributed by atoms with E-state index in [0.29, 0.717) is 6.04 Å². The Morgan fingerprint density at radius 3 is 2.67 bits per heavy atom. The molecule has 3 heteroatoms. The van der Waals surface area contributed by atoms with E-state index in [1.54, 1.807) is 0 Å². The number of hydrogen-bond donors (Lipinski definition) is 1. The SMILES string of the molecule is C(CC1CCOC1)NC1COC1. The molecule has 0 aliphatic carbocycles. The van der Waals surface area contributed by atoms with E-state index in [4.69, 9.17) is 9.47 Å². The van der Waals surface area contributed by atoms with Crippen LogP contribution in [-0.4, -0.2) is 39.0 Å². The number of rotatable bonds is 4. The molecule has 12 heavy (non-hydrogen) atoms. The summed E-state index contributed by atoms with van der Waals surface area (Å²) in [6, 6.07) is 0.632. The first kappa shape index (κ1) is 8.48. The van der Waals surface area contributed by atoms with Crippen molar-refractivity contribution in [2.24, 2.45) is 5.92 Å². The summed E-state index contributed by atoms with van der Waals surface area (Å²) < 4.78 is 10.4. The normalized spacial score (nSPS) is 30.5. The van der Waals surface area contributed by atoms with Gasteiger partial charge in [0.2, 0.25) is 0 Å². The summed E-state index contributed by atoms with van der Waals surface area (Å²) >= 11 is 0. The Bertz CT molecular complexity index is 130. The maximum Gasteiger partial charge on any atom is 0.0643 e. The number of hydrogen-bond acceptors (Lipinski definition) is 3. The van der Waals surface area contributed by atoms with Gasteiger partial charge in [-0.1, -0.05) is 0 Å². The first-order chi connectivity index (χ1) is 5.95. The molecule has 2 saturated heterocycles. The molecule has 0 saturated carbocycles. The Kier molecular flexibility index (Phi) is 2.98. The minimum Gasteiger partial charge on any atom is -0.381 e. The molecule has 3 nitrogen and oxygen atoms in total. The topological polar surface area (TPSA) is 30.5 Å². The van der Waals surface area contributed by atoms with Crippen LogP contribution in [0.2, 0.25) is 0 Å². The highest BCUT2D eigenvalue weighted by molar-refractivity contribution is 4.74. The smallest absolute Gasteiger partial charge is 0.0643 e. The van der Waals surface area contributed by atoms with Crippen molar-refractivity contribution in [3.8, 4) is 0 Å². The van der Waals surface area contributed by atoms with Crippen LogP contribution in [0.4, 0.5) is 0 Å². The molecule has 0 spiro atoms. The number of nitrogens with one attached hydrogen (secondary N) is 1. The Balaban J connectivity index is 1.49. The average molecular weight is 171 g/mol. The van der Waals surface area contributed by atoms with Gasteiger partial charge in [0.25, 0.3) is 0 Å². The number of ether oxygens (including phenoxy) is 2.